The van der Waals surface area contributed by atoms with E-state index in [-0.39, 0.29) is 0 Å². The molecule has 0 atom stereocenters. The Labute approximate surface area is 102 Å². The second-order valence-electron chi connectivity index (χ2n) is 3.80. The summed E-state index contributed by atoms with van der Waals surface area (Å²) in [4.78, 5) is 2.28. The fourth-order valence-corrected chi connectivity index (χ4v) is 2.00. The van der Waals surface area contributed by atoms with E-state index in [1.165, 1.54) is 5.56 Å². The van der Waals surface area contributed by atoms with E-state index in [1.807, 2.05) is 30.0 Å². The van der Waals surface area contributed by atoms with Gasteiger partial charge in [0, 0.05) is 36.2 Å². The first-order valence-electron chi connectivity index (χ1n) is 5.27. The Morgan fingerprint density at radius 1 is 1.44 bits per heavy atom. The monoisotopic (exact) mass is 240 g/mol. The first-order valence-corrected chi connectivity index (χ1v) is 6.66. The van der Waals surface area contributed by atoms with Crippen molar-refractivity contribution < 1.29 is 4.74 Å². The molecule has 0 unspecified atom stereocenters. The lowest BCUT2D eigenvalue weighted by Crippen LogP contribution is -2.21. The second-order valence-corrected chi connectivity index (χ2v) is 4.79. The summed E-state index contributed by atoms with van der Waals surface area (Å²) in [7, 11) is 3.80. The van der Waals surface area contributed by atoms with Gasteiger partial charge in [0.15, 0.2) is 0 Å². The Kier molecular flexibility index (Phi) is 5.49. The SMILES string of the molecule is COc1cc(N)ccc1CN(C)CCSC. The lowest BCUT2D eigenvalue weighted by molar-refractivity contribution is 0.335. The lowest BCUT2D eigenvalue weighted by atomic mass is 10.1. The van der Waals surface area contributed by atoms with Gasteiger partial charge in [-0.05, 0) is 19.4 Å². The highest BCUT2D eigenvalue weighted by Crippen LogP contribution is 2.22. The zero-order chi connectivity index (χ0) is 12.0. The van der Waals surface area contributed by atoms with E-state index < -0.39 is 0 Å². The maximum Gasteiger partial charge on any atom is 0.125 e. The van der Waals surface area contributed by atoms with Crippen LogP contribution in [0.2, 0.25) is 0 Å². The van der Waals surface area contributed by atoms with Crippen LogP contribution in [0, 0.1) is 0 Å². The van der Waals surface area contributed by atoms with E-state index in [4.69, 9.17) is 10.5 Å². The number of hydrogen-bond acceptors (Lipinski definition) is 4. The Balaban J connectivity index is 2.65. The zero-order valence-corrected chi connectivity index (χ0v) is 11.0. The fraction of sp³-hybridized carbons (Fsp3) is 0.500. The van der Waals surface area contributed by atoms with Crippen molar-refractivity contribution in [3.63, 3.8) is 0 Å². The van der Waals surface area contributed by atoms with Crippen LogP contribution in [0.3, 0.4) is 0 Å². The molecule has 16 heavy (non-hydrogen) atoms. The molecule has 0 radical (unpaired) electrons. The summed E-state index contributed by atoms with van der Waals surface area (Å²) < 4.78 is 5.32. The van der Waals surface area contributed by atoms with Crippen molar-refractivity contribution in [1.29, 1.82) is 0 Å². The van der Waals surface area contributed by atoms with Gasteiger partial charge in [0.2, 0.25) is 0 Å². The molecule has 4 heteroatoms. The fourth-order valence-electron chi connectivity index (χ4n) is 1.51. The predicted molar refractivity (Wildman–Crippen MR) is 72.1 cm³/mol. The molecule has 3 nitrogen and oxygen atoms in total. The van der Waals surface area contributed by atoms with E-state index in [1.54, 1.807) is 7.11 Å². The van der Waals surface area contributed by atoms with E-state index in [2.05, 4.69) is 18.2 Å². The Hall–Kier alpha value is -0.870. The number of nitrogens with zero attached hydrogens (tertiary/aromatic N) is 1. The number of ether oxygens (including phenoxy) is 1. The first-order chi connectivity index (χ1) is 7.67. The van der Waals surface area contributed by atoms with Crippen molar-refractivity contribution in [3.8, 4) is 5.75 Å². The lowest BCUT2D eigenvalue weighted by Gasteiger charge is -2.18. The summed E-state index contributed by atoms with van der Waals surface area (Å²) in [5.41, 5.74) is 7.64. The highest BCUT2D eigenvalue weighted by Gasteiger charge is 2.06. The number of anilines is 1. The van der Waals surface area contributed by atoms with Crippen LogP contribution in [-0.4, -0.2) is 37.6 Å². The molecular formula is C12H20N2OS. The number of nitrogens with two attached hydrogens (primary N) is 1. The molecule has 0 heterocycles. The molecular weight excluding hydrogens is 220 g/mol. The van der Waals surface area contributed by atoms with Crippen LogP contribution < -0.4 is 10.5 Å². The standard InChI is InChI=1S/C12H20N2OS/c1-14(6-7-16-3)9-10-4-5-11(13)8-12(10)15-2/h4-5,8H,6-7,9,13H2,1-3H3. The van der Waals surface area contributed by atoms with Crippen LogP contribution in [0.5, 0.6) is 5.75 Å². The minimum Gasteiger partial charge on any atom is -0.496 e. The molecule has 1 aromatic carbocycles. The summed E-state index contributed by atoms with van der Waals surface area (Å²) in [5, 5.41) is 0. The van der Waals surface area contributed by atoms with Gasteiger partial charge < -0.3 is 15.4 Å². The van der Waals surface area contributed by atoms with E-state index >= 15 is 0 Å². The minimum absolute atomic E-state index is 0.743. The number of hydrogen-bond donors (Lipinski definition) is 1. The smallest absolute Gasteiger partial charge is 0.125 e. The van der Waals surface area contributed by atoms with Gasteiger partial charge in [0.25, 0.3) is 0 Å². The highest BCUT2D eigenvalue weighted by molar-refractivity contribution is 7.98. The van der Waals surface area contributed by atoms with Gasteiger partial charge in [0.05, 0.1) is 7.11 Å². The van der Waals surface area contributed by atoms with Gasteiger partial charge in [0.1, 0.15) is 5.75 Å². The van der Waals surface area contributed by atoms with E-state index in [9.17, 15) is 0 Å². The third-order valence-corrected chi connectivity index (χ3v) is 3.02. The maximum absolute atomic E-state index is 5.72. The molecule has 1 rings (SSSR count). The first kappa shape index (κ1) is 13.2. The van der Waals surface area contributed by atoms with Gasteiger partial charge in [-0.3, -0.25) is 0 Å². The van der Waals surface area contributed by atoms with Gasteiger partial charge in [-0.15, -0.1) is 0 Å². The van der Waals surface area contributed by atoms with Crippen LogP contribution in [0.15, 0.2) is 18.2 Å². The average Bonchev–Trinajstić information content (AvgIpc) is 2.28. The molecule has 0 bridgehead atoms. The Morgan fingerprint density at radius 2 is 2.19 bits per heavy atom. The number of benzene rings is 1. The molecule has 0 aliphatic rings. The van der Waals surface area contributed by atoms with Gasteiger partial charge in [-0.2, -0.15) is 11.8 Å². The topological polar surface area (TPSA) is 38.5 Å². The molecule has 0 aromatic heterocycles. The second kappa shape index (κ2) is 6.66. The normalized spacial score (nSPS) is 10.8. The number of thioether (sulfide) groups is 1. The predicted octanol–water partition coefficient (Wildman–Crippen LogP) is 2.07. The third-order valence-electron chi connectivity index (χ3n) is 2.43. The summed E-state index contributed by atoms with van der Waals surface area (Å²) in [6.45, 7) is 1.97. The van der Waals surface area contributed by atoms with Crippen molar-refractivity contribution in [3.05, 3.63) is 23.8 Å². The van der Waals surface area contributed by atoms with Crippen LogP contribution in [0.25, 0.3) is 0 Å². The van der Waals surface area contributed by atoms with Crippen LogP contribution in [0.1, 0.15) is 5.56 Å². The van der Waals surface area contributed by atoms with Crippen molar-refractivity contribution in [2.45, 2.75) is 6.54 Å². The molecule has 2 N–H and O–H groups in total. The average molecular weight is 240 g/mol. The van der Waals surface area contributed by atoms with Crippen LogP contribution >= 0.6 is 11.8 Å². The van der Waals surface area contributed by atoms with Crippen molar-refractivity contribution in [1.82, 2.24) is 4.90 Å². The third kappa shape index (κ3) is 3.94. The molecule has 90 valence electrons. The van der Waals surface area contributed by atoms with Gasteiger partial charge in [-0.1, -0.05) is 6.07 Å². The highest BCUT2D eigenvalue weighted by atomic mass is 32.2. The molecule has 0 saturated heterocycles. The largest absolute Gasteiger partial charge is 0.496 e. The summed E-state index contributed by atoms with van der Waals surface area (Å²) in [5.74, 6) is 2.02. The number of nitrogen functional groups attached to an aromatic ring is 1. The summed E-state index contributed by atoms with van der Waals surface area (Å²) in [6, 6.07) is 5.82. The van der Waals surface area contributed by atoms with Crippen molar-refractivity contribution >= 4 is 17.4 Å². The molecule has 0 spiro atoms. The van der Waals surface area contributed by atoms with Crippen molar-refractivity contribution in [2.75, 3.05) is 38.4 Å². The van der Waals surface area contributed by atoms with E-state index in [0.29, 0.717) is 0 Å². The van der Waals surface area contributed by atoms with E-state index in [0.717, 1.165) is 30.3 Å². The van der Waals surface area contributed by atoms with Gasteiger partial charge in [-0.25, -0.2) is 0 Å². The molecule has 0 saturated carbocycles. The summed E-state index contributed by atoms with van der Waals surface area (Å²) in [6.07, 6.45) is 2.12. The molecule has 0 amide bonds. The molecule has 1 aromatic rings. The maximum atomic E-state index is 5.72. The van der Waals surface area contributed by atoms with Gasteiger partial charge >= 0.3 is 0 Å². The molecule has 0 fully saturated rings. The number of rotatable bonds is 6. The van der Waals surface area contributed by atoms with Crippen molar-refractivity contribution in [2.24, 2.45) is 0 Å². The molecule has 0 aliphatic heterocycles. The van der Waals surface area contributed by atoms with Crippen LogP contribution in [-0.2, 0) is 6.54 Å². The Morgan fingerprint density at radius 3 is 2.81 bits per heavy atom. The quantitative estimate of drug-likeness (QED) is 0.773. The number of methoxy groups -OCH3 is 1. The summed E-state index contributed by atoms with van der Waals surface area (Å²) >= 11 is 1.86. The Bertz CT molecular complexity index is 331. The zero-order valence-electron chi connectivity index (χ0n) is 10.2. The van der Waals surface area contributed by atoms with Crippen LogP contribution in [0.4, 0.5) is 5.69 Å². The molecule has 0 aliphatic carbocycles. The minimum atomic E-state index is 0.743.